The zero-order chi connectivity index (χ0) is 21.3. The van der Waals surface area contributed by atoms with Gasteiger partial charge < -0.3 is 9.47 Å². The molecular formula is C19H16ClFN6O3. The molecule has 1 aromatic carbocycles. The Hall–Kier alpha value is -3.53. The van der Waals surface area contributed by atoms with Crippen molar-refractivity contribution < 1.29 is 18.7 Å². The number of rotatable bonds is 6. The van der Waals surface area contributed by atoms with Crippen LogP contribution in [0.4, 0.5) is 4.39 Å². The number of methoxy groups -OCH3 is 1. The van der Waals surface area contributed by atoms with E-state index >= 15 is 0 Å². The Bertz CT molecular complexity index is 1240. The standard InChI is InChI=1S/C19H16ClFN6O3/c1-3-30-18(28)12-7-22-27(9-12)19-23-15-10-26(25-16(15)17(24-19)29-2)8-11-4-5-13(20)6-14(11)21/h4-7,9-10H,3,8H2,1-2H3. The van der Waals surface area contributed by atoms with Gasteiger partial charge in [0, 0.05) is 16.8 Å². The molecule has 0 aliphatic carbocycles. The second kappa shape index (κ2) is 8.07. The summed E-state index contributed by atoms with van der Waals surface area (Å²) in [6.45, 7) is 2.15. The molecule has 0 aliphatic rings. The number of halogens is 2. The van der Waals surface area contributed by atoms with E-state index in [9.17, 15) is 9.18 Å². The first-order chi connectivity index (χ1) is 14.5. The van der Waals surface area contributed by atoms with Crippen LogP contribution in [0.15, 0.2) is 36.8 Å². The molecule has 0 unspecified atom stereocenters. The minimum Gasteiger partial charge on any atom is -0.479 e. The normalized spacial score (nSPS) is 11.1. The zero-order valence-corrected chi connectivity index (χ0v) is 16.8. The molecule has 0 N–H and O–H groups in total. The number of fused-ring (bicyclic) bond motifs is 1. The molecule has 0 fully saturated rings. The van der Waals surface area contributed by atoms with Gasteiger partial charge in [0.15, 0.2) is 5.52 Å². The van der Waals surface area contributed by atoms with E-state index in [1.54, 1.807) is 25.3 Å². The molecule has 4 rings (SSSR count). The number of hydrogen-bond acceptors (Lipinski definition) is 7. The number of hydrogen-bond donors (Lipinski definition) is 0. The van der Waals surface area contributed by atoms with Crippen LogP contribution in [0.2, 0.25) is 5.02 Å². The molecule has 9 nitrogen and oxygen atoms in total. The minimum atomic E-state index is -0.491. The molecule has 0 radical (unpaired) electrons. The topological polar surface area (TPSA) is 97.0 Å². The minimum absolute atomic E-state index is 0.173. The Kier molecular flexibility index (Phi) is 5.32. The lowest BCUT2D eigenvalue weighted by molar-refractivity contribution is 0.0526. The summed E-state index contributed by atoms with van der Waals surface area (Å²) in [6.07, 6.45) is 4.48. The van der Waals surface area contributed by atoms with Crippen LogP contribution in [0.5, 0.6) is 5.88 Å². The number of ether oxygens (including phenoxy) is 2. The SMILES string of the molecule is CCOC(=O)c1cnn(-c2nc(OC)c3nn(Cc4ccc(Cl)cc4F)cc3n2)c1. The number of carbonyl (C=O) groups is 1. The quantitative estimate of drug-likeness (QED) is 0.434. The molecular weight excluding hydrogens is 415 g/mol. The Labute approximate surface area is 175 Å². The van der Waals surface area contributed by atoms with E-state index in [1.165, 1.54) is 34.9 Å². The molecule has 4 aromatic rings. The number of esters is 1. The van der Waals surface area contributed by atoms with Gasteiger partial charge in [0.1, 0.15) is 11.3 Å². The Morgan fingerprint density at radius 3 is 2.83 bits per heavy atom. The first kappa shape index (κ1) is 19.8. The summed E-state index contributed by atoms with van der Waals surface area (Å²) >= 11 is 5.80. The summed E-state index contributed by atoms with van der Waals surface area (Å²) in [6, 6.07) is 4.46. The lowest BCUT2D eigenvalue weighted by atomic mass is 10.2. The molecule has 11 heteroatoms. The van der Waals surface area contributed by atoms with Gasteiger partial charge in [0.25, 0.3) is 5.95 Å². The summed E-state index contributed by atoms with van der Waals surface area (Å²) in [4.78, 5) is 20.6. The van der Waals surface area contributed by atoms with Crippen LogP contribution in [-0.2, 0) is 11.3 Å². The Morgan fingerprint density at radius 2 is 2.10 bits per heavy atom. The molecule has 3 aromatic heterocycles. The first-order valence-electron chi connectivity index (χ1n) is 8.93. The van der Waals surface area contributed by atoms with E-state index in [1.807, 2.05) is 0 Å². The molecule has 0 saturated heterocycles. The van der Waals surface area contributed by atoms with E-state index in [4.69, 9.17) is 21.1 Å². The largest absolute Gasteiger partial charge is 0.479 e. The van der Waals surface area contributed by atoms with Crippen molar-refractivity contribution in [2.45, 2.75) is 13.5 Å². The van der Waals surface area contributed by atoms with Gasteiger partial charge >= 0.3 is 5.97 Å². The number of benzene rings is 1. The van der Waals surface area contributed by atoms with Crippen LogP contribution >= 0.6 is 11.6 Å². The summed E-state index contributed by atoms with van der Waals surface area (Å²) in [5, 5.41) is 8.83. The van der Waals surface area contributed by atoms with Gasteiger partial charge in [0.05, 0.1) is 38.2 Å². The molecule has 3 heterocycles. The van der Waals surface area contributed by atoms with Crippen LogP contribution in [0.3, 0.4) is 0 Å². The van der Waals surface area contributed by atoms with Crippen molar-refractivity contribution in [1.29, 1.82) is 0 Å². The maximum absolute atomic E-state index is 14.1. The maximum atomic E-state index is 14.1. The summed E-state index contributed by atoms with van der Waals surface area (Å²) in [5.41, 5.74) is 1.58. The molecule has 0 bridgehead atoms. The molecule has 0 spiro atoms. The monoisotopic (exact) mass is 430 g/mol. The fourth-order valence-electron chi connectivity index (χ4n) is 2.82. The highest BCUT2D eigenvalue weighted by molar-refractivity contribution is 6.30. The fraction of sp³-hybridized carbons (Fsp3) is 0.211. The lowest BCUT2D eigenvalue weighted by Crippen LogP contribution is -2.05. The predicted octanol–water partition coefficient (Wildman–Crippen LogP) is 3.04. The Balaban J connectivity index is 1.69. The number of carbonyl (C=O) groups excluding carboxylic acids is 1. The first-order valence-corrected chi connectivity index (χ1v) is 9.31. The second-order valence-electron chi connectivity index (χ2n) is 6.22. The molecule has 0 saturated carbocycles. The van der Waals surface area contributed by atoms with E-state index in [-0.39, 0.29) is 30.5 Å². The van der Waals surface area contributed by atoms with Gasteiger partial charge in [0.2, 0.25) is 5.88 Å². The fourth-order valence-corrected chi connectivity index (χ4v) is 2.98. The van der Waals surface area contributed by atoms with Gasteiger partial charge in [-0.3, -0.25) is 4.68 Å². The van der Waals surface area contributed by atoms with E-state index in [2.05, 4.69) is 20.2 Å². The molecule has 154 valence electrons. The third kappa shape index (κ3) is 3.81. The van der Waals surface area contributed by atoms with Crippen LogP contribution in [0, 0.1) is 5.82 Å². The molecule has 0 atom stereocenters. The lowest BCUT2D eigenvalue weighted by Gasteiger charge is -2.04. The van der Waals surface area contributed by atoms with Crippen molar-refractivity contribution in [3.8, 4) is 11.8 Å². The van der Waals surface area contributed by atoms with Crippen molar-refractivity contribution in [2.24, 2.45) is 0 Å². The van der Waals surface area contributed by atoms with Crippen LogP contribution in [0.1, 0.15) is 22.8 Å². The predicted molar refractivity (Wildman–Crippen MR) is 105 cm³/mol. The summed E-state index contributed by atoms with van der Waals surface area (Å²) in [5.74, 6) is -0.510. The average Bonchev–Trinajstić information content (AvgIpc) is 3.36. The third-order valence-electron chi connectivity index (χ3n) is 4.21. The van der Waals surface area contributed by atoms with Crippen LogP contribution in [0.25, 0.3) is 17.0 Å². The van der Waals surface area contributed by atoms with Gasteiger partial charge in [-0.2, -0.15) is 15.2 Å². The number of nitrogens with zero attached hydrogens (tertiary/aromatic N) is 6. The van der Waals surface area contributed by atoms with Crippen LogP contribution < -0.4 is 4.74 Å². The highest BCUT2D eigenvalue weighted by Crippen LogP contribution is 2.23. The highest BCUT2D eigenvalue weighted by Gasteiger charge is 2.17. The van der Waals surface area contributed by atoms with E-state index in [0.29, 0.717) is 21.6 Å². The van der Waals surface area contributed by atoms with E-state index < -0.39 is 11.8 Å². The molecule has 30 heavy (non-hydrogen) atoms. The smallest absolute Gasteiger partial charge is 0.341 e. The third-order valence-corrected chi connectivity index (χ3v) is 4.44. The second-order valence-corrected chi connectivity index (χ2v) is 6.66. The van der Waals surface area contributed by atoms with E-state index in [0.717, 1.165) is 0 Å². The molecule has 0 amide bonds. The van der Waals surface area contributed by atoms with Crippen molar-refractivity contribution >= 4 is 28.6 Å². The van der Waals surface area contributed by atoms with Crippen molar-refractivity contribution in [1.82, 2.24) is 29.5 Å². The highest BCUT2D eigenvalue weighted by atomic mass is 35.5. The summed E-state index contributed by atoms with van der Waals surface area (Å²) in [7, 11) is 1.45. The van der Waals surface area contributed by atoms with Gasteiger partial charge in [-0.25, -0.2) is 18.9 Å². The van der Waals surface area contributed by atoms with Crippen LogP contribution in [-0.4, -0.2) is 49.2 Å². The van der Waals surface area contributed by atoms with Crippen molar-refractivity contribution in [3.05, 3.63) is 58.8 Å². The van der Waals surface area contributed by atoms with Crippen molar-refractivity contribution in [2.75, 3.05) is 13.7 Å². The molecule has 0 aliphatic heterocycles. The maximum Gasteiger partial charge on any atom is 0.341 e. The Morgan fingerprint density at radius 1 is 1.27 bits per heavy atom. The number of aromatic nitrogens is 6. The summed E-state index contributed by atoms with van der Waals surface area (Å²) < 4.78 is 27.3. The van der Waals surface area contributed by atoms with Gasteiger partial charge in [-0.1, -0.05) is 17.7 Å². The zero-order valence-electron chi connectivity index (χ0n) is 16.0. The average molecular weight is 431 g/mol. The van der Waals surface area contributed by atoms with Gasteiger partial charge in [-0.05, 0) is 19.1 Å². The van der Waals surface area contributed by atoms with Gasteiger partial charge in [-0.15, -0.1) is 0 Å². The van der Waals surface area contributed by atoms with Crippen molar-refractivity contribution in [3.63, 3.8) is 0 Å².